The van der Waals surface area contributed by atoms with E-state index in [9.17, 15) is 4.79 Å². The molecule has 0 radical (unpaired) electrons. The Morgan fingerprint density at radius 3 is 2.55 bits per heavy atom. The highest BCUT2D eigenvalue weighted by atomic mass is 16.5. The number of carbonyl (C=O) groups is 1. The Hall–Kier alpha value is -2.36. The van der Waals surface area contributed by atoms with E-state index in [1.165, 1.54) is 0 Å². The molecule has 0 spiro atoms. The fourth-order valence-electron chi connectivity index (χ4n) is 1.99. The first kappa shape index (κ1) is 14.1. The Balaban J connectivity index is 2.43. The molecule has 0 aliphatic rings. The van der Waals surface area contributed by atoms with Crippen LogP contribution in [0.15, 0.2) is 36.7 Å². The van der Waals surface area contributed by atoms with Gasteiger partial charge in [0.2, 0.25) is 0 Å². The van der Waals surface area contributed by atoms with Crippen molar-refractivity contribution in [1.29, 1.82) is 0 Å². The highest BCUT2D eigenvalue weighted by Crippen LogP contribution is 2.25. The van der Waals surface area contributed by atoms with Crippen LogP contribution in [0, 0.1) is 6.92 Å². The molecular weight excluding hydrogens is 254 g/mol. The number of nitrogens with zero attached hydrogens (tertiary/aromatic N) is 1. The summed E-state index contributed by atoms with van der Waals surface area (Å²) in [7, 11) is 0. The minimum Gasteiger partial charge on any atom is -0.489 e. The SMILES string of the molecule is Cc1cc(C(=O)O)cc(-c2cncc(OC(C)C)c2)c1. The van der Waals surface area contributed by atoms with Gasteiger partial charge in [-0.15, -0.1) is 0 Å². The minimum absolute atomic E-state index is 0.0686. The van der Waals surface area contributed by atoms with Crippen LogP contribution in [0.25, 0.3) is 11.1 Å². The molecule has 0 atom stereocenters. The quantitative estimate of drug-likeness (QED) is 0.924. The largest absolute Gasteiger partial charge is 0.489 e. The minimum atomic E-state index is -0.933. The van der Waals surface area contributed by atoms with Crippen molar-refractivity contribution in [2.45, 2.75) is 26.9 Å². The van der Waals surface area contributed by atoms with Crippen molar-refractivity contribution in [3.05, 3.63) is 47.8 Å². The van der Waals surface area contributed by atoms with Crippen LogP contribution in [-0.4, -0.2) is 22.2 Å². The number of hydrogen-bond acceptors (Lipinski definition) is 3. The van der Waals surface area contributed by atoms with Gasteiger partial charge in [0.1, 0.15) is 5.75 Å². The van der Waals surface area contributed by atoms with Gasteiger partial charge in [0.15, 0.2) is 0 Å². The molecule has 1 heterocycles. The van der Waals surface area contributed by atoms with E-state index in [1.54, 1.807) is 24.5 Å². The van der Waals surface area contributed by atoms with Crippen LogP contribution in [0.2, 0.25) is 0 Å². The van der Waals surface area contributed by atoms with Gasteiger partial charge in [-0.1, -0.05) is 6.07 Å². The lowest BCUT2D eigenvalue weighted by Crippen LogP contribution is -2.05. The van der Waals surface area contributed by atoms with E-state index in [0.717, 1.165) is 16.7 Å². The summed E-state index contributed by atoms with van der Waals surface area (Å²) in [5, 5.41) is 9.11. The molecule has 0 saturated carbocycles. The lowest BCUT2D eigenvalue weighted by atomic mass is 10.0. The number of ether oxygens (including phenoxy) is 1. The molecule has 0 aliphatic carbocycles. The number of pyridine rings is 1. The van der Waals surface area contributed by atoms with Gasteiger partial charge in [-0.25, -0.2) is 4.79 Å². The van der Waals surface area contributed by atoms with Crippen LogP contribution in [0.5, 0.6) is 5.75 Å². The Bertz CT molecular complexity index is 635. The molecule has 20 heavy (non-hydrogen) atoms. The zero-order valence-electron chi connectivity index (χ0n) is 11.8. The van der Waals surface area contributed by atoms with E-state index in [0.29, 0.717) is 5.75 Å². The Kier molecular flexibility index (Phi) is 4.03. The van der Waals surface area contributed by atoms with Crippen LogP contribution in [-0.2, 0) is 0 Å². The van der Waals surface area contributed by atoms with Crippen molar-refractivity contribution in [1.82, 2.24) is 4.98 Å². The Morgan fingerprint density at radius 1 is 1.15 bits per heavy atom. The van der Waals surface area contributed by atoms with Crippen molar-refractivity contribution < 1.29 is 14.6 Å². The number of aromatic carboxylic acids is 1. The molecule has 4 nitrogen and oxygen atoms in total. The molecule has 104 valence electrons. The molecule has 1 aromatic carbocycles. The monoisotopic (exact) mass is 271 g/mol. The van der Waals surface area contributed by atoms with E-state index in [1.807, 2.05) is 32.9 Å². The first-order valence-electron chi connectivity index (χ1n) is 6.43. The molecule has 0 amide bonds. The lowest BCUT2D eigenvalue weighted by molar-refractivity contribution is 0.0697. The van der Waals surface area contributed by atoms with E-state index in [2.05, 4.69) is 4.98 Å². The Morgan fingerprint density at radius 2 is 1.90 bits per heavy atom. The molecule has 2 aromatic rings. The second kappa shape index (κ2) is 5.74. The summed E-state index contributed by atoms with van der Waals surface area (Å²) >= 11 is 0. The van der Waals surface area contributed by atoms with Crippen LogP contribution in [0.1, 0.15) is 29.8 Å². The van der Waals surface area contributed by atoms with Gasteiger partial charge in [0.25, 0.3) is 0 Å². The van der Waals surface area contributed by atoms with Crippen LogP contribution >= 0.6 is 0 Å². The standard InChI is InChI=1S/C16H17NO3/c1-10(2)20-15-7-14(8-17-9-15)12-4-11(3)5-13(6-12)16(18)19/h4-10H,1-3H3,(H,18,19). The highest BCUT2D eigenvalue weighted by molar-refractivity contribution is 5.89. The van der Waals surface area contributed by atoms with Gasteiger partial charge < -0.3 is 9.84 Å². The molecule has 1 aromatic heterocycles. The van der Waals surface area contributed by atoms with E-state index >= 15 is 0 Å². The number of benzene rings is 1. The molecule has 0 aliphatic heterocycles. The topological polar surface area (TPSA) is 59.4 Å². The molecule has 1 N–H and O–H groups in total. The highest BCUT2D eigenvalue weighted by Gasteiger charge is 2.08. The fraction of sp³-hybridized carbons (Fsp3) is 0.250. The van der Waals surface area contributed by atoms with Crippen LogP contribution in [0.4, 0.5) is 0 Å². The maximum atomic E-state index is 11.1. The first-order chi connectivity index (χ1) is 9.45. The van der Waals surface area contributed by atoms with Crippen molar-refractivity contribution in [2.24, 2.45) is 0 Å². The zero-order chi connectivity index (χ0) is 14.7. The number of aryl methyl sites for hydroxylation is 1. The van der Waals surface area contributed by atoms with Crippen LogP contribution in [0.3, 0.4) is 0 Å². The number of carboxylic acids is 1. The molecular formula is C16H17NO3. The molecule has 4 heteroatoms. The third-order valence-corrected chi connectivity index (χ3v) is 2.74. The summed E-state index contributed by atoms with van der Waals surface area (Å²) < 4.78 is 5.61. The second-order valence-corrected chi connectivity index (χ2v) is 4.97. The Labute approximate surface area is 118 Å². The van der Waals surface area contributed by atoms with E-state index in [-0.39, 0.29) is 11.7 Å². The number of rotatable bonds is 4. The van der Waals surface area contributed by atoms with Crippen molar-refractivity contribution in [3.63, 3.8) is 0 Å². The summed E-state index contributed by atoms with van der Waals surface area (Å²) in [5.41, 5.74) is 2.84. The lowest BCUT2D eigenvalue weighted by Gasteiger charge is -2.11. The zero-order valence-corrected chi connectivity index (χ0v) is 11.8. The average Bonchev–Trinajstić information content (AvgIpc) is 2.37. The summed E-state index contributed by atoms with van der Waals surface area (Å²) in [6.07, 6.45) is 3.42. The van der Waals surface area contributed by atoms with Gasteiger partial charge in [0, 0.05) is 11.8 Å². The predicted octanol–water partition coefficient (Wildman–Crippen LogP) is 3.54. The summed E-state index contributed by atoms with van der Waals surface area (Å²) in [6, 6.07) is 7.09. The number of carboxylic acid groups (broad SMARTS) is 1. The summed E-state index contributed by atoms with van der Waals surface area (Å²) in [5.74, 6) is -0.256. The molecule has 2 rings (SSSR count). The summed E-state index contributed by atoms with van der Waals surface area (Å²) in [6.45, 7) is 5.77. The molecule has 0 unspecified atom stereocenters. The van der Waals surface area contributed by atoms with Gasteiger partial charge >= 0.3 is 5.97 Å². The normalized spacial score (nSPS) is 10.6. The predicted molar refractivity (Wildman–Crippen MR) is 77.1 cm³/mol. The van der Waals surface area contributed by atoms with E-state index in [4.69, 9.17) is 9.84 Å². The average molecular weight is 271 g/mol. The fourth-order valence-corrected chi connectivity index (χ4v) is 1.99. The van der Waals surface area contributed by atoms with Gasteiger partial charge in [0.05, 0.1) is 17.9 Å². The number of hydrogen-bond donors (Lipinski definition) is 1. The maximum absolute atomic E-state index is 11.1. The molecule has 0 bridgehead atoms. The smallest absolute Gasteiger partial charge is 0.335 e. The third-order valence-electron chi connectivity index (χ3n) is 2.74. The van der Waals surface area contributed by atoms with Crippen LogP contribution < -0.4 is 4.74 Å². The van der Waals surface area contributed by atoms with Gasteiger partial charge in [-0.3, -0.25) is 4.98 Å². The molecule has 0 fully saturated rings. The van der Waals surface area contributed by atoms with Gasteiger partial charge in [-0.05, 0) is 50.1 Å². The summed E-state index contributed by atoms with van der Waals surface area (Å²) in [4.78, 5) is 15.3. The van der Waals surface area contributed by atoms with Gasteiger partial charge in [-0.2, -0.15) is 0 Å². The van der Waals surface area contributed by atoms with Crippen molar-refractivity contribution >= 4 is 5.97 Å². The van der Waals surface area contributed by atoms with Crippen molar-refractivity contribution in [2.75, 3.05) is 0 Å². The first-order valence-corrected chi connectivity index (χ1v) is 6.43. The third kappa shape index (κ3) is 3.35. The number of aromatic nitrogens is 1. The maximum Gasteiger partial charge on any atom is 0.335 e. The second-order valence-electron chi connectivity index (χ2n) is 4.97. The van der Waals surface area contributed by atoms with E-state index < -0.39 is 5.97 Å². The van der Waals surface area contributed by atoms with Crippen molar-refractivity contribution in [3.8, 4) is 16.9 Å². The molecule has 0 saturated heterocycles.